The van der Waals surface area contributed by atoms with Crippen LogP contribution in [0, 0.1) is 33.5 Å². The molecule has 3 fully saturated rings. The van der Waals surface area contributed by atoms with Crippen LogP contribution in [-0.4, -0.2) is 46.8 Å². The van der Waals surface area contributed by atoms with Crippen LogP contribution in [0.1, 0.15) is 40.1 Å². The van der Waals surface area contributed by atoms with Gasteiger partial charge in [-0.1, -0.05) is 6.07 Å². The van der Waals surface area contributed by atoms with Crippen LogP contribution in [0.15, 0.2) is 47.5 Å². The van der Waals surface area contributed by atoms with Crippen molar-refractivity contribution in [3.63, 3.8) is 0 Å². The predicted octanol–water partition coefficient (Wildman–Crippen LogP) is 5.37. The second kappa shape index (κ2) is 9.46. The molecule has 2 N–H and O–H groups in total. The van der Waals surface area contributed by atoms with E-state index in [4.69, 9.17) is 21.7 Å². The number of benzene rings is 2. The van der Waals surface area contributed by atoms with Crippen LogP contribution < -0.4 is 9.64 Å². The average molecular weight is 595 g/mol. The first-order valence-electron chi connectivity index (χ1n) is 13.2. The number of thioether (sulfide) groups is 1. The number of nitrogens with zero attached hydrogens (tertiary/aromatic N) is 1. The summed E-state index contributed by atoms with van der Waals surface area (Å²) in [6, 6.07) is 11.9. The van der Waals surface area contributed by atoms with Gasteiger partial charge in [0.25, 0.3) is 0 Å². The zero-order valence-electron chi connectivity index (χ0n) is 21.7. The largest absolute Gasteiger partial charge is 0.504 e. The second-order valence-corrected chi connectivity index (χ2v) is 13.6. The number of aromatic hydroxyl groups is 1. The number of amides is 2. The minimum atomic E-state index is -0.437. The summed E-state index contributed by atoms with van der Waals surface area (Å²) in [6.07, 6.45) is 0.826. The van der Waals surface area contributed by atoms with Crippen molar-refractivity contribution in [1.29, 1.82) is 0 Å². The van der Waals surface area contributed by atoms with E-state index in [1.54, 1.807) is 60.4 Å². The number of phenolic OH excluding ortho intramolecular Hbond substituents is 1. The van der Waals surface area contributed by atoms with Gasteiger partial charge in [-0.15, -0.1) is 23.1 Å². The number of carbonyl (C=O) groups excluding carboxylic acids is 3. The standard InChI is InChI=1S/C29H26N2O6S3/c1-3-37-28(35)12-4-7-14(8-5-12)31-26(33)21-15-11-16(22(21)27(31)34)23-20(15)19(24-25(39-23)30-29(38)40-24)13-6-9-17(32)18(10-13)36-2/h4-10,15-16,19-23,32H,3,11H2,1-2H3,(H,30,38). The number of H-pyrrole nitrogens is 1. The number of ether oxygens (including phenoxy) is 2. The summed E-state index contributed by atoms with van der Waals surface area (Å²) in [5.74, 6) is -0.860. The van der Waals surface area contributed by atoms with E-state index in [0.29, 0.717) is 21.0 Å². The molecule has 1 aromatic heterocycles. The van der Waals surface area contributed by atoms with E-state index in [1.165, 1.54) is 12.0 Å². The Kier molecular flexibility index (Phi) is 6.10. The quantitative estimate of drug-likeness (QED) is 0.231. The second-order valence-electron chi connectivity index (χ2n) is 10.7. The summed E-state index contributed by atoms with van der Waals surface area (Å²) in [5.41, 5.74) is 1.86. The van der Waals surface area contributed by atoms with Crippen LogP contribution in [0.5, 0.6) is 11.5 Å². The lowest BCUT2D eigenvalue weighted by molar-refractivity contribution is -0.123. The lowest BCUT2D eigenvalue weighted by Gasteiger charge is -2.43. The summed E-state index contributed by atoms with van der Waals surface area (Å²) in [4.78, 5) is 45.7. The van der Waals surface area contributed by atoms with Crippen molar-refractivity contribution in [2.24, 2.45) is 29.6 Å². The van der Waals surface area contributed by atoms with Crippen LogP contribution in [0.4, 0.5) is 5.69 Å². The highest BCUT2D eigenvalue weighted by Gasteiger charge is 2.69. The number of thiazole rings is 1. The van der Waals surface area contributed by atoms with E-state index >= 15 is 0 Å². The van der Waals surface area contributed by atoms with Crippen molar-refractivity contribution in [2.45, 2.75) is 29.5 Å². The maximum absolute atomic E-state index is 14.0. The molecule has 1 saturated heterocycles. The fourth-order valence-corrected chi connectivity index (χ4v) is 10.8. The van der Waals surface area contributed by atoms with Gasteiger partial charge in [-0.25, -0.2) is 4.79 Å². The highest BCUT2D eigenvalue weighted by atomic mass is 32.2. The van der Waals surface area contributed by atoms with Crippen LogP contribution in [0.25, 0.3) is 0 Å². The maximum Gasteiger partial charge on any atom is 0.338 e. The number of carbonyl (C=O) groups is 3. The summed E-state index contributed by atoms with van der Waals surface area (Å²) >= 11 is 8.84. The Balaban J connectivity index is 1.26. The third-order valence-electron chi connectivity index (χ3n) is 8.92. The molecule has 8 nitrogen and oxygen atoms in total. The minimum absolute atomic E-state index is 0.0291. The zero-order valence-corrected chi connectivity index (χ0v) is 24.1. The molecule has 3 heterocycles. The lowest BCUT2D eigenvalue weighted by Crippen LogP contribution is -2.42. The van der Waals surface area contributed by atoms with Gasteiger partial charge >= 0.3 is 5.97 Å². The van der Waals surface area contributed by atoms with Crippen molar-refractivity contribution in [3.8, 4) is 11.5 Å². The molecule has 2 bridgehead atoms. The van der Waals surface area contributed by atoms with E-state index in [9.17, 15) is 19.5 Å². The van der Waals surface area contributed by atoms with Gasteiger partial charge < -0.3 is 19.6 Å². The predicted molar refractivity (Wildman–Crippen MR) is 153 cm³/mol. The van der Waals surface area contributed by atoms with Gasteiger partial charge in [0.05, 0.1) is 41.8 Å². The van der Waals surface area contributed by atoms with Gasteiger partial charge in [0.1, 0.15) is 0 Å². The zero-order chi connectivity index (χ0) is 27.9. The van der Waals surface area contributed by atoms with Crippen molar-refractivity contribution in [2.75, 3.05) is 18.6 Å². The SMILES string of the molecule is CCOC(=O)c1ccc(N2C(=O)C3C4CC(C3C2=O)C2C(c3ccc(O)c(OC)c3)c3sc(=S)[nH]c3SC42)cc1. The summed E-state index contributed by atoms with van der Waals surface area (Å²) in [5, 5.41) is 11.4. The van der Waals surface area contributed by atoms with E-state index in [-0.39, 0.29) is 64.9 Å². The topological polar surface area (TPSA) is 109 Å². The molecule has 2 aliphatic carbocycles. The van der Waals surface area contributed by atoms with Crippen LogP contribution in [0.2, 0.25) is 0 Å². The van der Waals surface area contributed by atoms with Gasteiger partial charge in [0.15, 0.2) is 15.5 Å². The number of nitrogens with one attached hydrogen (secondary N) is 1. The molecular formula is C29H26N2O6S3. The molecule has 2 aromatic carbocycles. The average Bonchev–Trinajstić information content (AvgIpc) is 3.68. The van der Waals surface area contributed by atoms with Gasteiger partial charge in [0, 0.05) is 16.0 Å². The molecule has 2 saturated carbocycles. The molecule has 4 aliphatic rings. The van der Waals surface area contributed by atoms with E-state index in [0.717, 1.165) is 21.9 Å². The molecule has 206 valence electrons. The van der Waals surface area contributed by atoms with Gasteiger partial charge in [0.2, 0.25) is 11.8 Å². The Bertz CT molecular complexity index is 1610. The third kappa shape index (κ3) is 3.63. The Hall–Kier alpha value is -3.15. The molecule has 40 heavy (non-hydrogen) atoms. The molecule has 0 radical (unpaired) electrons. The third-order valence-corrected chi connectivity index (χ3v) is 11.9. The first kappa shape index (κ1) is 25.8. The van der Waals surface area contributed by atoms with Gasteiger partial charge in [-0.2, -0.15) is 0 Å². The molecular weight excluding hydrogens is 569 g/mol. The maximum atomic E-state index is 14.0. The van der Waals surface area contributed by atoms with E-state index in [1.807, 2.05) is 12.1 Å². The molecule has 7 unspecified atom stereocenters. The number of anilines is 1. The van der Waals surface area contributed by atoms with E-state index < -0.39 is 5.97 Å². The number of aromatic nitrogens is 1. The van der Waals surface area contributed by atoms with Crippen LogP contribution in [-0.2, 0) is 14.3 Å². The van der Waals surface area contributed by atoms with Crippen molar-refractivity contribution in [1.82, 2.24) is 4.98 Å². The highest BCUT2D eigenvalue weighted by Crippen LogP contribution is 2.69. The van der Waals surface area contributed by atoms with E-state index in [2.05, 4.69) is 4.98 Å². The highest BCUT2D eigenvalue weighted by molar-refractivity contribution is 8.00. The van der Waals surface area contributed by atoms with Crippen molar-refractivity contribution < 1.29 is 29.0 Å². The molecule has 2 amide bonds. The molecule has 3 aromatic rings. The number of imide groups is 1. The van der Waals surface area contributed by atoms with Crippen molar-refractivity contribution in [3.05, 3.63) is 62.4 Å². The molecule has 7 rings (SSSR count). The summed E-state index contributed by atoms with van der Waals surface area (Å²) in [7, 11) is 1.53. The number of rotatable bonds is 5. The Labute approximate surface area is 243 Å². The smallest absolute Gasteiger partial charge is 0.338 e. The Morgan fingerprint density at radius 1 is 1.12 bits per heavy atom. The summed E-state index contributed by atoms with van der Waals surface area (Å²) < 4.78 is 11.2. The summed E-state index contributed by atoms with van der Waals surface area (Å²) in [6.45, 7) is 2.01. The lowest BCUT2D eigenvalue weighted by atomic mass is 9.68. The number of aromatic amines is 1. The monoisotopic (exact) mass is 594 g/mol. The van der Waals surface area contributed by atoms with Gasteiger partial charge in [-0.05, 0) is 85.3 Å². The van der Waals surface area contributed by atoms with Crippen LogP contribution >= 0.6 is 35.3 Å². The minimum Gasteiger partial charge on any atom is -0.504 e. The normalized spacial score (nSPS) is 29.8. The van der Waals surface area contributed by atoms with Crippen molar-refractivity contribution >= 4 is 58.8 Å². The Morgan fingerprint density at radius 2 is 1.85 bits per heavy atom. The number of hydrogen-bond acceptors (Lipinski definition) is 9. The fourth-order valence-electron chi connectivity index (χ4n) is 7.49. The fraction of sp³-hybridized carbons (Fsp3) is 0.379. The molecule has 11 heteroatoms. The van der Waals surface area contributed by atoms with Gasteiger partial charge in [-0.3, -0.25) is 14.5 Å². The number of hydrogen-bond donors (Lipinski definition) is 2. The number of fused-ring (bicyclic) bond motifs is 9. The molecule has 0 spiro atoms. The number of phenols is 1. The number of methoxy groups -OCH3 is 1. The van der Waals surface area contributed by atoms with Crippen LogP contribution in [0.3, 0.4) is 0 Å². The Morgan fingerprint density at radius 3 is 2.55 bits per heavy atom. The first-order chi connectivity index (χ1) is 19.3. The number of esters is 1. The molecule has 2 aliphatic heterocycles. The molecule has 7 atom stereocenters. The first-order valence-corrected chi connectivity index (χ1v) is 15.3.